The molecule has 0 spiro atoms. The molecule has 2 amide bonds. The van der Waals surface area contributed by atoms with E-state index in [9.17, 15) is 14.4 Å². The zero-order chi connectivity index (χ0) is 20.5. The molecule has 0 saturated carbocycles. The Morgan fingerprint density at radius 2 is 1.93 bits per heavy atom. The summed E-state index contributed by atoms with van der Waals surface area (Å²) in [6, 6.07) is 10.0. The number of aromatic nitrogens is 1. The predicted octanol–water partition coefficient (Wildman–Crippen LogP) is 2.13. The number of aromatic amines is 1. The Labute approximate surface area is 165 Å². The molecular weight excluding hydrogens is 378 g/mol. The molecule has 9 nitrogen and oxygen atoms in total. The van der Waals surface area contributed by atoms with Gasteiger partial charge in [-0.2, -0.15) is 0 Å². The number of H-pyrrole nitrogens is 1. The number of anilines is 2. The maximum absolute atomic E-state index is 12.7. The predicted molar refractivity (Wildman–Crippen MR) is 105 cm³/mol. The monoisotopic (exact) mass is 397 g/mol. The van der Waals surface area contributed by atoms with E-state index in [1.807, 2.05) is 0 Å². The minimum Gasteiger partial charge on any atom is -0.493 e. The van der Waals surface area contributed by atoms with Gasteiger partial charge in [-0.1, -0.05) is 0 Å². The van der Waals surface area contributed by atoms with Crippen molar-refractivity contribution >= 4 is 34.3 Å². The van der Waals surface area contributed by atoms with Crippen molar-refractivity contribution in [2.24, 2.45) is 5.92 Å². The van der Waals surface area contributed by atoms with Crippen molar-refractivity contribution in [3.05, 3.63) is 46.9 Å². The van der Waals surface area contributed by atoms with E-state index in [1.165, 1.54) is 14.2 Å². The number of benzene rings is 2. The summed E-state index contributed by atoms with van der Waals surface area (Å²) in [6.07, 6.45) is 0.102. The van der Waals surface area contributed by atoms with Crippen LogP contribution in [0.5, 0.6) is 11.5 Å². The highest BCUT2D eigenvalue weighted by Crippen LogP contribution is 2.34. The number of carbonyl (C=O) groups is 2. The van der Waals surface area contributed by atoms with Gasteiger partial charge in [-0.25, -0.2) is 4.79 Å². The number of oxazole rings is 1. The highest BCUT2D eigenvalue weighted by atomic mass is 16.5. The molecule has 0 radical (unpaired) electrons. The van der Waals surface area contributed by atoms with Crippen LogP contribution >= 0.6 is 0 Å². The minimum absolute atomic E-state index is 0.102. The molecule has 1 saturated heterocycles. The van der Waals surface area contributed by atoms with Crippen molar-refractivity contribution in [1.29, 1.82) is 0 Å². The fourth-order valence-corrected chi connectivity index (χ4v) is 3.40. The average molecular weight is 397 g/mol. The Balaban J connectivity index is 1.49. The van der Waals surface area contributed by atoms with E-state index in [-0.39, 0.29) is 24.8 Å². The molecule has 1 atom stereocenters. The normalized spacial score (nSPS) is 16.3. The van der Waals surface area contributed by atoms with Crippen LogP contribution in [0.4, 0.5) is 11.4 Å². The van der Waals surface area contributed by atoms with Crippen molar-refractivity contribution in [2.75, 3.05) is 31.0 Å². The number of carbonyl (C=O) groups excluding carboxylic acids is 2. The second-order valence-electron chi connectivity index (χ2n) is 6.66. The number of ether oxygens (including phenoxy) is 2. The molecule has 2 heterocycles. The Morgan fingerprint density at radius 3 is 2.69 bits per heavy atom. The van der Waals surface area contributed by atoms with Crippen molar-refractivity contribution in [2.45, 2.75) is 6.42 Å². The third-order valence-electron chi connectivity index (χ3n) is 4.86. The van der Waals surface area contributed by atoms with Crippen LogP contribution in [0, 0.1) is 5.92 Å². The maximum Gasteiger partial charge on any atom is 0.417 e. The fourth-order valence-electron chi connectivity index (χ4n) is 3.40. The van der Waals surface area contributed by atoms with E-state index in [2.05, 4.69) is 10.3 Å². The fraction of sp³-hybridized carbons (Fsp3) is 0.250. The second kappa shape index (κ2) is 7.34. The van der Waals surface area contributed by atoms with E-state index in [0.717, 1.165) is 0 Å². The molecule has 3 aromatic rings. The van der Waals surface area contributed by atoms with Crippen molar-refractivity contribution in [1.82, 2.24) is 4.98 Å². The van der Waals surface area contributed by atoms with Crippen LogP contribution in [0.25, 0.3) is 11.1 Å². The van der Waals surface area contributed by atoms with Gasteiger partial charge in [0.2, 0.25) is 11.8 Å². The standard InChI is InChI=1S/C20H19N3O6/c1-27-16-6-4-13(9-17(16)28-2)23-10-11(7-18(23)24)19(25)21-12-3-5-15-14(8-12)22-20(26)29-15/h3-6,8-9,11H,7,10H2,1-2H3,(H,21,25)(H,22,26). The second-order valence-corrected chi connectivity index (χ2v) is 6.66. The van der Waals surface area contributed by atoms with E-state index in [0.29, 0.717) is 34.0 Å². The number of hydrogen-bond donors (Lipinski definition) is 2. The van der Waals surface area contributed by atoms with Gasteiger partial charge in [-0.15, -0.1) is 0 Å². The zero-order valence-corrected chi connectivity index (χ0v) is 15.9. The molecule has 2 aromatic carbocycles. The Morgan fingerprint density at radius 1 is 1.14 bits per heavy atom. The molecule has 0 bridgehead atoms. The molecule has 29 heavy (non-hydrogen) atoms. The smallest absolute Gasteiger partial charge is 0.417 e. The van der Waals surface area contributed by atoms with E-state index >= 15 is 0 Å². The first-order valence-electron chi connectivity index (χ1n) is 8.94. The third-order valence-corrected chi connectivity index (χ3v) is 4.86. The summed E-state index contributed by atoms with van der Waals surface area (Å²) >= 11 is 0. The lowest BCUT2D eigenvalue weighted by atomic mass is 10.1. The first kappa shape index (κ1) is 18.6. The number of fused-ring (bicyclic) bond motifs is 1. The summed E-state index contributed by atoms with van der Waals surface area (Å²) in [5.41, 5.74) is 2.04. The molecule has 1 aliphatic rings. The quantitative estimate of drug-likeness (QED) is 0.682. The van der Waals surface area contributed by atoms with Gasteiger partial charge in [0.1, 0.15) is 0 Å². The molecule has 2 N–H and O–H groups in total. The molecule has 0 aliphatic carbocycles. The molecule has 1 unspecified atom stereocenters. The summed E-state index contributed by atoms with van der Waals surface area (Å²) in [5, 5.41) is 2.79. The lowest BCUT2D eigenvalue weighted by Crippen LogP contribution is -2.28. The van der Waals surface area contributed by atoms with E-state index < -0.39 is 11.7 Å². The van der Waals surface area contributed by atoms with Crippen LogP contribution in [0.2, 0.25) is 0 Å². The Bertz CT molecular complexity index is 1150. The number of nitrogens with one attached hydrogen (secondary N) is 2. The van der Waals surface area contributed by atoms with Gasteiger partial charge in [-0.05, 0) is 30.3 Å². The van der Waals surface area contributed by atoms with Crippen LogP contribution in [-0.4, -0.2) is 37.6 Å². The number of hydrogen-bond acceptors (Lipinski definition) is 6. The zero-order valence-electron chi connectivity index (χ0n) is 15.9. The molecule has 9 heteroatoms. The summed E-state index contributed by atoms with van der Waals surface area (Å²) < 4.78 is 15.4. The molecule has 1 aromatic heterocycles. The topological polar surface area (TPSA) is 114 Å². The molecule has 4 rings (SSSR count). The summed E-state index contributed by atoms with van der Waals surface area (Å²) in [4.78, 5) is 40.5. The average Bonchev–Trinajstić information content (AvgIpc) is 3.28. The maximum atomic E-state index is 12.7. The lowest BCUT2D eigenvalue weighted by molar-refractivity contribution is -0.122. The van der Waals surface area contributed by atoms with Crippen molar-refractivity contribution in [3.8, 4) is 11.5 Å². The molecule has 150 valence electrons. The summed E-state index contributed by atoms with van der Waals surface area (Å²) in [7, 11) is 3.06. The van der Waals surface area contributed by atoms with Gasteiger partial charge in [0.05, 0.1) is 25.7 Å². The Hall–Kier alpha value is -3.75. The van der Waals surface area contributed by atoms with Crippen LogP contribution in [0.3, 0.4) is 0 Å². The van der Waals surface area contributed by atoms with Crippen LogP contribution < -0.4 is 25.4 Å². The molecule has 1 aliphatic heterocycles. The van der Waals surface area contributed by atoms with Gasteiger partial charge in [0.15, 0.2) is 17.1 Å². The summed E-state index contributed by atoms with van der Waals surface area (Å²) in [6.45, 7) is 0.255. The number of methoxy groups -OCH3 is 2. The first-order valence-corrected chi connectivity index (χ1v) is 8.94. The van der Waals surface area contributed by atoms with Gasteiger partial charge >= 0.3 is 5.76 Å². The van der Waals surface area contributed by atoms with E-state index in [1.54, 1.807) is 41.3 Å². The molecular formula is C20H19N3O6. The highest BCUT2D eigenvalue weighted by Gasteiger charge is 2.35. The number of nitrogens with zero attached hydrogens (tertiary/aromatic N) is 1. The minimum atomic E-state index is -0.560. The van der Waals surface area contributed by atoms with Crippen LogP contribution in [-0.2, 0) is 9.59 Å². The largest absolute Gasteiger partial charge is 0.493 e. The number of rotatable bonds is 5. The van der Waals surface area contributed by atoms with Gasteiger partial charge < -0.3 is 24.1 Å². The van der Waals surface area contributed by atoms with Crippen LogP contribution in [0.1, 0.15) is 6.42 Å². The van der Waals surface area contributed by atoms with Gasteiger partial charge in [0.25, 0.3) is 0 Å². The third kappa shape index (κ3) is 3.54. The van der Waals surface area contributed by atoms with Gasteiger partial charge in [0, 0.05) is 30.4 Å². The molecule has 1 fully saturated rings. The van der Waals surface area contributed by atoms with E-state index in [4.69, 9.17) is 13.9 Å². The van der Waals surface area contributed by atoms with Crippen LogP contribution in [0.15, 0.2) is 45.6 Å². The SMILES string of the molecule is COc1ccc(N2CC(C(=O)Nc3ccc4oc(=O)[nH]c4c3)CC2=O)cc1OC. The number of amides is 2. The highest BCUT2D eigenvalue weighted by molar-refractivity contribution is 6.04. The van der Waals surface area contributed by atoms with Gasteiger partial charge in [-0.3, -0.25) is 14.6 Å². The lowest BCUT2D eigenvalue weighted by Gasteiger charge is -2.18. The first-order chi connectivity index (χ1) is 14.0. The van der Waals surface area contributed by atoms with Crippen molar-refractivity contribution < 1.29 is 23.5 Å². The Kier molecular flexibility index (Phi) is 4.71. The van der Waals surface area contributed by atoms with Crippen molar-refractivity contribution in [3.63, 3.8) is 0 Å². The summed E-state index contributed by atoms with van der Waals surface area (Å²) in [5.74, 6) is -0.415.